The Bertz CT molecular complexity index is 668. The van der Waals surface area contributed by atoms with Gasteiger partial charge in [-0.05, 0) is 38.1 Å². The molecule has 17 heavy (non-hydrogen) atoms. The van der Waals surface area contributed by atoms with Gasteiger partial charge in [0.2, 0.25) is 5.89 Å². The predicted octanol–water partition coefficient (Wildman–Crippen LogP) is 3.51. The number of aryl methyl sites for hydroxylation is 2. The van der Waals surface area contributed by atoms with Crippen molar-refractivity contribution in [3.05, 3.63) is 47.7 Å². The lowest BCUT2D eigenvalue weighted by Gasteiger charge is -1.94. The monoisotopic (exact) mass is 224 g/mol. The molecule has 0 amide bonds. The highest BCUT2D eigenvalue weighted by Crippen LogP contribution is 2.23. The fourth-order valence-corrected chi connectivity index (χ4v) is 1.73. The fourth-order valence-electron chi connectivity index (χ4n) is 1.73. The maximum Gasteiger partial charge on any atom is 0.228 e. The van der Waals surface area contributed by atoms with Crippen molar-refractivity contribution >= 4 is 11.2 Å². The summed E-state index contributed by atoms with van der Waals surface area (Å²) in [5, 5.41) is 0. The topological polar surface area (TPSA) is 38.9 Å². The molecule has 2 heterocycles. The molecule has 3 heteroatoms. The second-order valence-corrected chi connectivity index (χ2v) is 4.16. The van der Waals surface area contributed by atoms with Crippen LogP contribution in [0.3, 0.4) is 0 Å². The Labute approximate surface area is 99.1 Å². The van der Waals surface area contributed by atoms with Crippen molar-refractivity contribution in [3.8, 4) is 11.5 Å². The standard InChI is InChI=1S/C14H12N2O/c1-9-3-6-11(7-4-9)14-16-13-12(17-14)8-5-10(2)15-13/h3-8H,1-2H3. The van der Waals surface area contributed by atoms with Crippen molar-refractivity contribution in [3.63, 3.8) is 0 Å². The summed E-state index contributed by atoms with van der Waals surface area (Å²) in [5.41, 5.74) is 4.54. The number of pyridine rings is 1. The van der Waals surface area contributed by atoms with Crippen LogP contribution in [0.1, 0.15) is 11.3 Å². The van der Waals surface area contributed by atoms with Crippen LogP contribution in [0.2, 0.25) is 0 Å². The van der Waals surface area contributed by atoms with Crippen molar-refractivity contribution in [1.82, 2.24) is 9.97 Å². The van der Waals surface area contributed by atoms with Gasteiger partial charge in [-0.3, -0.25) is 0 Å². The highest BCUT2D eigenvalue weighted by atomic mass is 16.3. The van der Waals surface area contributed by atoms with E-state index in [-0.39, 0.29) is 0 Å². The lowest BCUT2D eigenvalue weighted by Crippen LogP contribution is -1.81. The van der Waals surface area contributed by atoms with E-state index in [4.69, 9.17) is 4.42 Å². The van der Waals surface area contributed by atoms with Crippen LogP contribution >= 0.6 is 0 Å². The van der Waals surface area contributed by atoms with Crippen LogP contribution in [0.5, 0.6) is 0 Å². The van der Waals surface area contributed by atoms with Gasteiger partial charge in [0.05, 0.1) is 0 Å². The van der Waals surface area contributed by atoms with E-state index in [1.54, 1.807) is 0 Å². The van der Waals surface area contributed by atoms with Gasteiger partial charge in [-0.25, -0.2) is 4.98 Å². The molecule has 3 rings (SSSR count). The van der Waals surface area contributed by atoms with E-state index in [1.165, 1.54) is 5.56 Å². The van der Waals surface area contributed by atoms with Crippen molar-refractivity contribution < 1.29 is 4.42 Å². The molecule has 0 atom stereocenters. The second-order valence-electron chi connectivity index (χ2n) is 4.16. The summed E-state index contributed by atoms with van der Waals surface area (Å²) >= 11 is 0. The van der Waals surface area contributed by atoms with Gasteiger partial charge in [0.15, 0.2) is 11.2 Å². The molecule has 0 saturated carbocycles. The van der Waals surface area contributed by atoms with Crippen LogP contribution in [0.15, 0.2) is 40.8 Å². The van der Waals surface area contributed by atoms with Gasteiger partial charge in [0, 0.05) is 11.3 Å². The van der Waals surface area contributed by atoms with Crippen LogP contribution in [0.4, 0.5) is 0 Å². The summed E-state index contributed by atoms with van der Waals surface area (Å²) in [4.78, 5) is 8.73. The largest absolute Gasteiger partial charge is 0.434 e. The summed E-state index contributed by atoms with van der Waals surface area (Å²) in [6.07, 6.45) is 0. The van der Waals surface area contributed by atoms with E-state index in [9.17, 15) is 0 Å². The number of hydrogen-bond acceptors (Lipinski definition) is 3. The van der Waals surface area contributed by atoms with E-state index >= 15 is 0 Å². The molecule has 0 bridgehead atoms. The zero-order chi connectivity index (χ0) is 11.8. The Morgan fingerprint density at radius 2 is 1.65 bits per heavy atom. The summed E-state index contributed by atoms with van der Waals surface area (Å²) in [5.74, 6) is 0.623. The van der Waals surface area contributed by atoms with Crippen LogP contribution < -0.4 is 0 Å². The average Bonchev–Trinajstić information content (AvgIpc) is 2.72. The number of aromatic nitrogens is 2. The first-order valence-electron chi connectivity index (χ1n) is 5.53. The molecule has 0 unspecified atom stereocenters. The number of rotatable bonds is 1. The van der Waals surface area contributed by atoms with Gasteiger partial charge >= 0.3 is 0 Å². The van der Waals surface area contributed by atoms with Gasteiger partial charge in [-0.1, -0.05) is 17.7 Å². The van der Waals surface area contributed by atoms with E-state index in [0.29, 0.717) is 11.5 Å². The molecule has 1 aromatic carbocycles. The van der Waals surface area contributed by atoms with Gasteiger partial charge in [-0.2, -0.15) is 4.98 Å². The molecule has 0 fully saturated rings. The van der Waals surface area contributed by atoms with Crippen LogP contribution in [-0.2, 0) is 0 Å². The zero-order valence-corrected chi connectivity index (χ0v) is 9.77. The van der Waals surface area contributed by atoms with Gasteiger partial charge in [0.1, 0.15) is 0 Å². The highest BCUT2D eigenvalue weighted by Gasteiger charge is 2.08. The smallest absolute Gasteiger partial charge is 0.228 e. The SMILES string of the molecule is Cc1ccc(-c2nc3nc(C)ccc3o2)cc1. The number of benzene rings is 1. The zero-order valence-electron chi connectivity index (χ0n) is 9.77. The molecule has 84 valence electrons. The first-order chi connectivity index (χ1) is 8.22. The second kappa shape index (κ2) is 3.70. The molecule has 0 radical (unpaired) electrons. The molecule has 0 spiro atoms. The first kappa shape index (κ1) is 10.0. The van der Waals surface area contributed by atoms with E-state index in [0.717, 1.165) is 16.8 Å². The molecule has 2 aromatic heterocycles. The van der Waals surface area contributed by atoms with Crippen LogP contribution in [0, 0.1) is 13.8 Å². The van der Waals surface area contributed by atoms with E-state index in [1.807, 2.05) is 43.3 Å². The van der Waals surface area contributed by atoms with Crippen molar-refractivity contribution in [2.75, 3.05) is 0 Å². The third-order valence-electron chi connectivity index (χ3n) is 2.69. The first-order valence-corrected chi connectivity index (χ1v) is 5.53. The number of hydrogen-bond donors (Lipinski definition) is 0. The van der Waals surface area contributed by atoms with Gasteiger partial charge < -0.3 is 4.42 Å². The Hall–Kier alpha value is -2.16. The maximum absolute atomic E-state index is 5.68. The summed E-state index contributed by atoms with van der Waals surface area (Å²) in [6, 6.07) is 11.9. The minimum Gasteiger partial charge on any atom is -0.434 e. The Morgan fingerprint density at radius 3 is 2.41 bits per heavy atom. The summed E-state index contributed by atoms with van der Waals surface area (Å²) < 4.78 is 5.68. The minimum absolute atomic E-state index is 0.623. The van der Waals surface area contributed by atoms with E-state index in [2.05, 4.69) is 16.9 Å². The minimum atomic E-state index is 0.623. The predicted molar refractivity (Wildman–Crippen MR) is 66.7 cm³/mol. The molecule has 3 nitrogen and oxygen atoms in total. The van der Waals surface area contributed by atoms with Crippen molar-refractivity contribution in [2.24, 2.45) is 0 Å². The molecule has 0 aliphatic carbocycles. The van der Waals surface area contributed by atoms with Crippen molar-refractivity contribution in [1.29, 1.82) is 0 Å². The summed E-state index contributed by atoms with van der Waals surface area (Å²) in [6.45, 7) is 4.00. The van der Waals surface area contributed by atoms with Gasteiger partial charge in [0.25, 0.3) is 0 Å². The molecule has 0 aliphatic rings. The number of fused-ring (bicyclic) bond motifs is 1. The van der Waals surface area contributed by atoms with Gasteiger partial charge in [-0.15, -0.1) is 0 Å². The fraction of sp³-hybridized carbons (Fsp3) is 0.143. The molecule has 0 N–H and O–H groups in total. The lowest BCUT2D eigenvalue weighted by atomic mass is 10.1. The quantitative estimate of drug-likeness (QED) is 0.635. The maximum atomic E-state index is 5.68. The Morgan fingerprint density at radius 1 is 0.882 bits per heavy atom. The van der Waals surface area contributed by atoms with E-state index < -0.39 is 0 Å². The molecule has 0 saturated heterocycles. The Kier molecular flexibility index (Phi) is 2.18. The molecule has 3 aromatic rings. The average molecular weight is 224 g/mol. The molecule has 0 aliphatic heterocycles. The lowest BCUT2D eigenvalue weighted by molar-refractivity contribution is 0.619. The van der Waals surface area contributed by atoms with Crippen molar-refractivity contribution in [2.45, 2.75) is 13.8 Å². The third-order valence-corrected chi connectivity index (χ3v) is 2.69. The highest BCUT2D eigenvalue weighted by molar-refractivity contribution is 5.72. The molecular weight excluding hydrogens is 212 g/mol. The van der Waals surface area contributed by atoms with Crippen LogP contribution in [0.25, 0.3) is 22.7 Å². The Balaban J connectivity index is 2.14. The number of oxazole rings is 1. The number of nitrogens with zero attached hydrogens (tertiary/aromatic N) is 2. The molecular formula is C14H12N2O. The van der Waals surface area contributed by atoms with Crippen LogP contribution in [-0.4, -0.2) is 9.97 Å². The summed E-state index contributed by atoms with van der Waals surface area (Å²) in [7, 11) is 0. The third kappa shape index (κ3) is 1.80. The normalized spacial score (nSPS) is 10.9.